The summed E-state index contributed by atoms with van der Waals surface area (Å²) >= 11 is 10.0. The second-order valence-corrected chi connectivity index (χ2v) is 7.80. The van der Waals surface area contributed by atoms with Crippen molar-refractivity contribution in [2.24, 2.45) is 0 Å². The lowest BCUT2D eigenvalue weighted by Crippen LogP contribution is -2.02. The molecule has 2 aromatic rings. The zero-order valence-corrected chi connectivity index (χ0v) is 13.8. The highest BCUT2D eigenvalue weighted by Gasteiger charge is 2.20. The summed E-state index contributed by atoms with van der Waals surface area (Å²) in [4.78, 5) is 0. The topological polar surface area (TPSA) is 29.5 Å². The van der Waals surface area contributed by atoms with Crippen LogP contribution in [-0.4, -0.2) is 11.7 Å². The first kappa shape index (κ1) is 13.7. The molecule has 0 amide bonds. The van der Waals surface area contributed by atoms with E-state index in [4.69, 9.17) is 16.3 Å². The van der Waals surface area contributed by atoms with E-state index in [0.717, 1.165) is 28.9 Å². The van der Waals surface area contributed by atoms with Gasteiger partial charge in [-0.2, -0.15) is 0 Å². The molecule has 19 heavy (non-hydrogen) atoms. The normalized spacial score (nSPS) is 15.1. The molecule has 1 aromatic carbocycles. The fourth-order valence-electron chi connectivity index (χ4n) is 2.32. The van der Waals surface area contributed by atoms with Crippen LogP contribution in [0, 0.1) is 2.88 Å². The SMILES string of the molecule is OC(Cc1cc(Cl)cc2c1OCC2)c1csc(I)c1. The van der Waals surface area contributed by atoms with Crippen molar-refractivity contribution in [1.29, 1.82) is 0 Å². The molecular weight excluding hydrogens is 395 g/mol. The highest BCUT2D eigenvalue weighted by Crippen LogP contribution is 2.35. The summed E-state index contributed by atoms with van der Waals surface area (Å²) in [6.45, 7) is 0.703. The van der Waals surface area contributed by atoms with Crippen LogP contribution in [0.25, 0.3) is 0 Å². The number of ether oxygens (including phenoxy) is 1. The van der Waals surface area contributed by atoms with E-state index in [1.54, 1.807) is 11.3 Å². The van der Waals surface area contributed by atoms with Gasteiger partial charge >= 0.3 is 0 Å². The summed E-state index contributed by atoms with van der Waals surface area (Å²) in [5.74, 6) is 0.911. The van der Waals surface area contributed by atoms with Crippen LogP contribution >= 0.6 is 45.5 Å². The number of thiophene rings is 1. The number of benzene rings is 1. The van der Waals surface area contributed by atoms with Crippen molar-refractivity contribution in [1.82, 2.24) is 0 Å². The molecule has 100 valence electrons. The predicted molar refractivity (Wildman–Crippen MR) is 86.4 cm³/mol. The van der Waals surface area contributed by atoms with Crippen molar-refractivity contribution in [2.45, 2.75) is 18.9 Å². The highest BCUT2D eigenvalue weighted by atomic mass is 127. The minimum absolute atomic E-state index is 0.508. The lowest BCUT2D eigenvalue weighted by Gasteiger charge is -2.13. The van der Waals surface area contributed by atoms with Crippen molar-refractivity contribution in [3.05, 3.63) is 48.2 Å². The Hall–Kier alpha value is -0.300. The van der Waals surface area contributed by atoms with Gasteiger partial charge in [0.05, 0.1) is 15.6 Å². The van der Waals surface area contributed by atoms with Crippen LogP contribution in [0.4, 0.5) is 0 Å². The van der Waals surface area contributed by atoms with Gasteiger partial charge in [-0.3, -0.25) is 0 Å². The third kappa shape index (κ3) is 2.91. The summed E-state index contributed by atoms with van der Waals surface area (Å²) in [6, 6.07) is 5.86. The number of aliphatic hydroxyl groups is 1. The number of aliphatic hydroxyl groups excluding tert-OH is 1. The molecule has 0 aliphatic carbocycles. The molecule has 1 atom stereocenters. The van der Waals surface area contributed by atoms with E-state index < -0.39 is 6.10 Å². The van der Waals surface area contributed by atoms with E-state index in [1.165, 1.54) is 2.88 Å². The number of fused-ring (bicyclic) bond motifs is 1. The van der Waals surface area contributed by atoms with E-state index in [9.17, 15) is 5.11 Å². The van der Waals surface area contributed by atoms with E-state index in [0.29, 0.717) is 18.1 Å². The summed E-state index contributed by atoms with van der Waals surface area (Å²) in [5, 5.41) is 13.0. The predicted octanol–water partition coefficient (Wildman–Crippen LogP) is 4.22. The first-order valence-corrected chi connectivity index (χ1v) is 8.33. The number of hydrogen-bond donors (Lipinski definition) is 1. The Kier molecular flexibility index (Phi) is 4.03. The van der Waals surface area contributed by atoms with Crippen LogP contribution < -0.4 is 4.74 Å². The van der Waals surface area contributed by atoms with Gasteiger partial charge in [0.1, 0.15) is 5.75 Å². The fraction of sp³-hybridized carbons (Fsp3) is 0.286. The molecule has 0 bridgehead atoms. The molecular formula is C14H12ClIO2S. The molecule has 1 aliphatic rings. The molecule has 1 N–H and O–H groups in total. The molecule has 2 nitrogen and oxygen atoms in total. The van der Waals surface area contributed by atoms with Crippen LogP contribution in [0.15, 0.2) is 23.6 Å². The monoisotopic (exact) mass is 406 g/mol. The van der Waals surface area contributed by atoms with Crippen LogP contribution in [0.5, 0.6) is 5.75 Å². The zero-order chi connectivity index (χ0) is 13.4. The minimum Gasteiger partial charge on any atom is -0.493 e. The maximum atomic E-state index is 10.3. The number of hydrogen-bond acceptors (Lipinski definition) is 3. The van der Waals surface area contributed by atoms with Crippen molar-refractivity contribution in [3.8, 4) is 5.75 Å². The molecule has 1 aliphatic heterocycles. The van der Waals surface area contributed by atoms with Gasteiger partial charge in [-0.25, -0.2) is 0 Å². The van der Waals surface area contributed by atoms with Gasteiger partial charge in [0.25, 0.3) is 0 Å². The van der Waals surface area contributed by atoms with Gasteiger partial charge in [-0.1, -0.05) is 11.6 Å². The maximum absolute atomic E-state index is 10.3. The van der Waals surface area contributed by atoms with Crippen molar-refractivity contribution in [3.63, 3.8) is 0 Å². The summed E-state index contributed by atoms with van der Waals surface area (Å²) in [6.07, 6.45) is 0.928. The molecule has 1 unspecified atom stereocenters. The summed E-state index contributed by atoms with van der Waals surface area (Å²) in [7, 11) is 0. The lowest BCUT2D eigenvalue weighted by atomic mass is 10.0. The van der Waals surface area contributed by atoms with Gasteiger partial charge in [0.15, 0.2) is 0 Å². The lowest BCUT2D eigenvalue weighted by molar-refractivity contribution is 0.177. The molecule has 0 radical (unpaired) electrons. The third-order valence-electron chi connectivity index (χ3n) is 3.21. The van der Waals surface area contributed by atoms with E-state index in [2.05, 4.69) is 22.6 Å². The van der Waals surface area contributed by atoms with Gasteiger partial charge in [-0.15, -0.1) is 11.3 Å². The Morgan fingerprint density at radius 1 is 1.42 bits per heavy atom. The third-order valence-corrected chi connectivity index (χ3v) is 5.24. The Labute approximate surface area is 134 Å². The maximum Gasteiger partial charge on any atom is 0.126 e. The van der Waals surface area contributed by atoms with Gasteiger partial charge in [-0.05, 0) is 62.9 Å². The average Bonchev–Trinajstić information content (AvgIpc) is 2.97. The molecule has 1 aromatic heterocycles. The summed E-state index contributed by atoms with van der Waals surface area (Å²) < 4.78 is 6.84. The highest BCUT2D eigenvalue weighted by molar-refractivity contribution is 14.1. The smallest absolute Gasteiger partial charge is 0.126 e. The molecule has 0 spiro atoms. The Bertz CT molecular complexity index is 611. The quantitative estimate of drug-likeness (QED) is 0.774. The zero-order valence-electron chi connectivity index (χ0n) is 10.0. The first-order valence-electron chi connectivity index (χ1n) is 5.99. The van der Waals surface area contributed by atoms with Crippen LogP contribution in [-0.2, 0) is 12.8 Å². The van der Waals surface area contributed by atoms with E-state index in [-0.39, 0.29) is 0 Å². The minimum atomic E-state index is -0.508. The molecule has 3 rings (SSSR count). The first-order chi connectivity index (χ1) is 9.13. The second-order valence-electron chi connectivity index (χ2n) is 4.56. The number of halogens is 2. The molecule has 0 saturated heterocycles. The largest absolute Gasteiger partial charge is 0.493 e. The van der Waals surface area contributed by atoms with Crippen molar-refractivity contribution < 1.29 is 9.84 Å². The van der Waals surface area contributed by atoms with Crippen LogP contribution in [0.2, 0.25) is 5.02 Å². The van der Waals surface area contributed by atoms with Crippen LogP contribution in [0.1, 0.15) is 22.8 Å². The Morgan fingerprint density at radius 2 is 2.26 bits per heavy atom. The summed E-state index contributed by atoms with van der Waals surface area (Å²) in [5.41, 5.74) is 3.10. The standard InChI is InChI=1S/C14H12ClIO2S/c15-11-3-8-1-2-18-14(8)9(4-11)5-12(17)10-6-13(16)19-7-10/h3-4,6-7,12,17H,1-2,5H2. The average molecular weight is 407 g/mol. The van der Waals surface area contributed by atoms with Gasteiger partial charge < -0.3 is 9.84 Å². The van der Waals surface area contributed by atoms with Crippen molar-refractivity contribution >= 4 is 45.5 Å². The molecule has 5 heteroatoms. The second kappa shape index (κ2) is 5.60. The van der Waals surface area contributed by atoms with E-state index >= 15 is 0 Å². The molecule has 2 heterocycles. The Balaban J connectivity index is 1.87. The van der Waals surface area contributed by atoms with Crippen molar-refractivity contribution in [2.75, 3.05) is 6.61 Å². The van der Waals surface area contributed by atoms with Crippen LogP contribution in [0.3, 0.4) is 0 Å². The number of rotatable bonds is 3. The van der Waals surface area contributed by atoms with Gasteiger partial charge in [0.2, 0.25) is 0 Å². The fourth-order valence-corrected chi connectivity index (χ4v) is 4.00. The molecule has 0 saturated carbocycles. The molecule has 0 fully saturated rings. The van der Waals surface area contributed by atoms with E-state index in [1.807, 2.05) is 23.6 Å². The Morgan fingerprint density at radius 3 is 3.00 bits per heavy atom. The van der Waals surface area contributed by atoms with Gasteiger partial charge in [0, 0.05) is 17.9 Å².